The summed E-state index contributed by atoms with van der Waals surface area (Å²) in [6, 6.07) is 2.41. The predicted molar refractivity (Wildman–Crippen MR) is 134 cm³/mol. The Morgan fingerprint density at radius 1 is 1.22 bits per heavy atom. The molecule has 2 aromatic rings. The molecule has 1 aliphatic carbocycles. The van der Waals surface area contributed by atoms with E-state index in [1.165, 1.54) is 31.2 Å². The molecule has 3 atom stereocenters. The zero-order chi connectivity index (χ0) is 25.7. The average Bonchev–Trinajstić information content (AvgIpc) is 3.54. The molecule has 2 fully saturated rings. The molecule has 0 unspecified atom stereocenters. The van der Waals surface area contributed by atoms with Gasteiger partial charge >= 0.3 is 0 Å². The number of carbonyl (C=O) groups is 2. The van der Waals surface area contributed by atoms with Crippen LogP contribution in [0.4, 0.5) is 8.78 Å². The summed E-state index contributed by atoms with van der Waals surface area (Å²) in [7, 11) is 0. The standard InChI is InChI=1S/C27H37F2N5O2/c1-17-6-3-4-13-34(17)25(35)15-23(30-12-5-7-19-8-9-19)27(36)32-18(2)26-31-16-24(33-26)21-11-10-20(28)14-22(21)29/h10-11,14,16-19,23,30H,3-9,12-13,15H2,1-2H3,(H,31,33)(H,32,36)/t17-,18-,23-/m0/s1. The summed E-state index contributed by atoms with van der Waals surface area (Å²) in [6.45, 7) is 5.26. The molecule has 1 saturated heterocycles. The van der Waals surface area contributed by atoms with E-state index < -0.39 is 23.7 Å². The second-order valence-corrected chi connectivity index (χ2v) is 10.3. The van der Waals surface area contributed by atoms with E-state index in [1.54, 1.807) is 6.92 Å². The van der Waals surface area contributed by atoms with Crippen molar-refractivity contribution in [3.05, 3.63) is 41.9 Å². The molecular weight excluding hydrogens is 464 g/mol. The van der Waals surface area contributed by atoms with Crippen LogP contribution in [0.15, 0.2) is 24.4 Å². The first kappa shape index (κ1) is 26.3. The van der Waals surface area contributed by atoms with Crippen molar-refractivity contribution in [3.8, 4) is 11.3 Å². The monoisotopic (exact) mass is 501 g/mol. The Morgan fingerprint density at radius 3 is 2.75 bits per heavy atom. The van der Waals surface area contributed by atoms with Gasteiger partial charge in [-0.05, 0) is 70.5 Å². The topological polar surface area (TPSA) is 90.1 Å². The molecule has 1 aromatic carbocycles. The van der Waals surface area contributed by atoms with Crippen LogP contribution in [-0.4, -0.2) is 51.9 Å². The summed E-state index contributed by atoms with van der Waals surface area (Å²) in [4.78, 5) is 35.5. The van der Waals surface area contributed by atoms with Gasteiger partial charge in [0.15, 0.2) is 0 Å². The normalized spacial score (nSPS) is 19.7. The molecule has 2 amide bonds. The fourth-order valence-corrected chi connectivity index (χ4v) is 4.88. The van der Waals surface area contributed by atoms with Crippen LogP contribution < -0.4 is 10.6 Å². The number of imidazole rings is 1. The Kier molecular flexibility index (Phi) is 8.72. The van der Waals surface area contributed by atoms with E-state index in [1.807, 2.05) is 4.90 Å². The van der Waals surface area contributed by atoms with Crippen LogP contribution in [0.5, 0.6) is 0 Å². The number of amides is 2. The van der Waals surface area contributed by atoms with Gasteiger partial charge in [0, 0.05) is 24.2 Å². The van der Waals surface area contributed by atoms with Crippen molar-refractivity contribution in [1.29, 1.82) is 0 Å². The smallest absolute Gasteiger partial charge is 0.238 e. The van der Waals surface area contributed by atoms with Crippen LogP contribution in [0.1, 0.15) is 77.1 Å². The third kappa shape index (κ3) is 6.90. The first-order valence-electron chi connectivity index (χ1n) is 13.2. The van der Waals surface area contributed by atoms with Gasteiger partial charge in [0.1, 0.15) is 17.5 Å². The number of aromatic nitrogens is 2. The molecule has 0 spiro atoms. The SMILES string of the molecule is C[C@H](NC(=O)[C@H](CC(=O)N1CCCC[C@@H]1C)NCCCC1CC1)c1ncc(-c2ccc(F)cc2F)[nH]1. The second-order valence-electron chi connectivity index (χ2n) is 10.3. The van der Waals surface area contributed by atoms with E-state index in [2.05, 4.69) is 27.5 Å². The van der Waals surface area contributed by atoms with E-state index in [0.29, 0.717) is 18.1 Å². The Bertz CT molecular complexity index is 1050. The summed E-state index contributed by atoms with van der Waals surface area (Å²) in [5.41, 5.74) is 0.595. The van der Waals surface area contributed by atoms with Crippen molar-refractivity contribution in [2.45, 2.75) is 83.3 Å². The molecule has 0 bridgehead atoms. The number of hydrogen-bond acceptors (Lipinski definition) is 4. The van der Waals surface area contributed by atoms with Gasteiger partial charge in [0.05, 0.1) is 30.4 Å². The highest BCUT2D eigenvalue weighted by Crippen LogP contribution is 2.33. The highest BCUT2D eigenvalue weighted by molar-refractivity contribution is 5.88. The highest BCUT2D eigenvalue weighted by atomic mass is 19.1. The zero-order valence-corrected chi connectivity index (χ0v) is 21.2. The maximum absolute atomic E-state index is 14.2. The molecule has 4 rings (SSSR count). The third-order valence-corrected chi connectivity index (χ3v) is 7.28. The van der Waals surface area contributed by atoms with E-state index in [4.69, 9.17) is 0 Å². The first-order chi connectivity index (χ1) is 17.3. The van der Waals surface area contributed by atoms with Gasteiger partial charge in [-0.2, -0.15) is 0 Å². The zero-order valence-electron chi connectivity index (χ0n) is 21.2. The summed E-state index contributed by atoms with van der Waals surface area (Å²) in [5.74, 6) is -0.349. The third-order valence-electron chi connectivity index (χ3n) is 7.28. The van der Waals surface area contributed by atoms with E-state index >= 15 is 0 Å². The van der Waals surface area contributed by atoms with E-state index in [0.717, 1.165) is 50.6 Å². The quantitative estimate of drug-likeness (QED) is 0.396. The number of nitrogens with one attached hydrogen (secondary N) is 3. The average molecular weight is 502 g/mol. The van der Waals surface area contributed by atoms with E-state index in [9.17, 15) is 18.4 Å². The number of benzene rings is 1. The van der Waals surface area contributed by atoms with Crippen LogP contribution in [0, 0.1) is 17.6 Å². The lowest BCUT2D eigenvalue weighted by atomic mass is 10.0. The number of carbonyl (C=O) groups excluding carboxylic acids is 2. The van der Waals surface area contributed by atoms with E-state index in [-0.39, 0.29) is 29.8 Å². The Balaban J connectivity index is 1.39. The number of hydrogen-bond donors (Lipinski definition) is 3. The molecule has 1 saturated carbocycles. The molecule has 0 radical (unpaired) electrons. The number of aromatic amines is 1. The van der Waals surface area contributed by atoms with Crippen molar-refractivity contribution in [2.75, 3.05) is 13.1 Å². The van der Waals surface area contributed by atoms with Gasteiger partial charge in [0.25, 0.3) is 0 Å². The number of H-pyrrole nitrogens is 1. The molecular formula is C27H37F2N5O2. The Labute approximate surface area is 211 Å². The fraction of sp³-hybridized carbons (Fsp3) is 0.593. The van der Waals surface area contributed by atoms with Gasteiger partial charge in [-0.1, -0.05) is 12.8 Å². The van der Waals surface area contributed by atoms with Crippen molar-refractivity contribution in [2.24, 2.45) is 5.92 Å². The summed E-state index contributed by atoms with van der Waals surface area (Å²) in [5, 5.41) is 6.26. The summed E-state index contributed by atoms with van der Waals surface area (Å²) in [6.07, 6.45) is 9.38. The van der Waals surface area contributed by atoms with Crippen LogP contribution in [0.25, 0.3) is 11.3 Å². The van der Waals surface area contributed by atoms with Gasteiger partial charge in [-0.3, -0.25) is 9.59 Å². The van der Waals surface area contributed by atoms with Gasteiger partial charge in [-0.15, -0.1) is 0 Å². The number of likely N-dealkylation sites (tertiary alicyclic amines) is 1. The predicted octanol–water partition coefficient (Wildman–Crippen LogP) is 4.47. The number of rotatable bonds is 11. The maximum Gasteiger partial charge on any atom is 0.238 e. The number of piperidine rings is 1. The minimum absolute atomic E-state index is 0.00299. The first-order valence-corrected chi connectivity index (χ1v) is 13.2. The molecule has 196 valence electrons. The number of nitrogens with zero attached hydrogens (tertiary/aromatic N) is 2. The molecule has 9 heteroatoms. The summed E-state index contributed by atoms with van der Waals surface area (Å²) >= 11 is 0. The lowest BCUT2D eigenvalue weighted by Crippen LogP contribution is -2.50. The summed E-state index contributed by atoms with van der Waals surface area (Å²) < 4.78 is 27.4. The van der Waals surface area contributed by atoms with Gasteiger partial charge < -0.3 is 20.5 Å². The molecule has 1 aliphatic heterocycles. The fourth-order valence-electron chi connectivity index (χ4n) is 4.88. The van der Waals surface area contributed by atoms with Crippen LogP contribution in [0.2, 0.25) is 0 Å². The Hall–Kier alpha value is -2.81. The van der Waals surface area contributed by atoms with Crippen LogP contribution >= 0.6 is 0 Å². The number of halogens is 2. The van der Waals surface area contributed by atoms with Crippen molar-refractivity contribution in [1.82, 2.24) is 25.5 Å². The molecule has 7 nitrogen and oxygen atoms in total. The molecule has 36 heavy (non-hydrogen) atoms. The highest BCUT2D eigenvalue weighted by Gasteiger charge is 2.29. The maximum atomic E-state index is 14.2. The lowest BCUT2D eigenvalue weighted by Gasteiger charge is -2.34. The minimum atomic E-state index is -0.692. The molecule has 2 aliphatic rings. The van der Waals surface area contributed by atoms with Crippen molar-refractivity contribution < 1.29 is 18.4 Å². The van der Waals surface area contributed by atoms with Crippen LogP contribution in [0.3, 0.4) is 0 Å². The molecule has 3 N–H and O–H groups in total. The molecule has 2 heterocycles. The second kappa shape index (κ2) is 12.0. The molecule has 1 aromatic heterocycles. The van der Waals surface area contributed by atoms with Crippen LogP contribution in [-0.2, 0) is 9.59 Å². The van der Waals surface area contributed by atoms with Crippen molar-refractivity contribution >= 4 is 11.8 Å². The Morgan fingerprint density at radius 2 is 2.03 bits per heavy atom. The lowest BCUT2D eigenvalue weighted by molar-refractivity contribution is -0.137. The van der Waals surface area contributed by atoms with Gasteiger partial charge in [0.2, 0.25) is 11.8 Å². The van der Waals surface area contributed by atoms with Crippen molar-refractivity contribution in [3.63, 3.8) is 0 Å². The minimum Gasteiger partial charge on any atom is -0.345 e. The van der Waals surface area contributed by atoms with Gasteiger partial charge in [-0.25, -0.2) is 13.8 Å². The largest absolute Gasteiger partial charge is 0.345 e.